The molecule has 98 valence electrons. The van der Waals surface area contributed by atoms with Crippen molar-refractivity contribution in [3.8, 4) is 0 Å². The van der Waals surface area contributed by atoms with Gasteiger partial charge in [0.25, 0.3) is 0 Å². The highest BCUT2D eigenvalue weighted by Crippen LogP contribution is 2.18. The molecular weight excluding hydrogens is 228 g/mol. The molecule has 0 spiro atoms. The lowest BCUT2D eigenvalue weighted by atomic mass is 10.1. The van der Waals surface area contributed by atoms with Gasteiger partial charge in [0.1, 0.15) is 0 Å². The second kappa shape index (κ2) is 5.87. The highest BCUT2D eigenvalue weighted by Gasteiger charge is 2.27. The maximum atomic E-state index is 12.1. The van der Waals surface area contributed by atoms with Crippen molar-refractivity contribution in [3.63, 3.8) is 0 Å². The standard InChI is InChI=1S/C14H20N2O2/c15-12-4-1-3-11(9-12)6-7-14(18)16-8-2-5-13(16)10-17/h1,3-4,9,13,17H,2,5-8,10,15H2/t13-/m1/s1. The fraction of sp³-hybridized carbons (Fsp3) is 0.500. The van der Waals surface area contributed by atoms with Crippen LogP contribution in [0.3, 0.4) is 0 Å². The summed E-state index contributed by atoms with van der Waals surface area (Å²) in [4.78, 5) is 13.9. The fourth-order valence-electron chi connectivity index (χ4n) is 2.50. The summed E-state index contributed by atoms with van der Waals surface area (Å²) in [5.41, 5.74) is 7.52. The molecule has 18 heavy (non-hydrogen) atoms. The Hall–Kier alpha value is -1.55. The zero-order chi connectivity index (χ0) is 13.0. The van der Waals surface area contributed by atoms with Crippen molar-refractivity contribution < 1.29 is 9.90 Å². The van der Waals surface area contributed by atoms with Crippen molar-refractivity contribution in [3.05, 3.63) is 29.8 Å². The molecule has 0 saturated carbocycles. The molecule has 4 heteroatoms. The monoisotopic (exact) mass is 248 g/mol. The Bertz CT molecular complexity index is 420. The number of carbonyl (C=O) groups excluding carboxylic acids is 1. The number of aliphatic hydroxyl groups is 1. The first kappa shape index (κ1) is 12.9. The molecule has 2 rings (SSSR count). The number of nitrogen functional groups attached to an aromatic ring is 1. The molecule has 1 aromatic carbocycles. The van der Waals surface area contributed by atoms with Crippen molar-refractivity contribution in [1.29, 1.82) is 0 Å². The van der Waals surface area contributed by atoms with Crippen molar-refractivity contribution >= 4 is 11.6 Å². The molecule has 1 atom stereocenters. The average molecular weight is 248 g/mol. The Labute approximate surface area is 107 Å². The molecule has 0 aliphatic carbocycles. The van der Waals surface area contributed by atoms with E-state index in [4.69, 9.17) is 5.73 Å². The molecule has 0 bridgehead atoms. The number of aryl methyl sites for hydroxylation is 1. The fourth-order valence-corrected chi connectivity index (χ4v) is 2.50. The predicted octanol–water partition coefficient (Wildman–Crippen LogP) is 1.18. The van der Waals surface area contributed by atoms with Crippen molar-refractivity contribution in [2.75, 3.05) is 18.9 Å². The highest BCUT2D eigenvalue weighted by atomic mass is 16.3. The Morgan fingerprint density at radius 3 is 3.06 bits per heavy atom. The zero-order valence-electron chi connectivity index (χ0n) is 10.5. The van der Waals surface area contributed by atoms with Crippen LogP contribution in [0.4, 0.5) is 5.69 Å². The maximum absolute atomic E-state index is 12.1. The second-order valence-electron chi connectivity index (χ2n) is 4.81. The van der Waals surface area contributed by atoms with Crippen LogP contribution in [0.2, 0.25) is 0 Å². The summed E-state index contributed by atoms with van der Waals surface area (Å²) in [7, 11) is 0. The molecule has 1 heterocycles. The Kier molecular flexibility index (Phi) is 4.20. The number of carbonyl (C=O) groups is 1. The van der Waals surface area contributed by atoms with E-state index in [-0.39, 0.29) is 18.6 Å². The van der Waals surface area contributed by atoms with Crippen LogP contribution in [0.15, 0.2) is 24.3 Å². The SMILES string of the molecule is Nc1cccc(CCC(=O)N2CCC[C@@H]2CO)c1. The third-order valence-electron chi connectivity index (χ3n) is 3.49. The maximum Gasteiger partial charge on any atom is 0.223 e. The normalized spacial score (nSPS) is 19.2. The number of rotatable bonds is 4. The first-order valence-corrected chi connectivity index (χ1v) is 6.45. The van der Waals surface area contributed by atoms with Gasteiger partial charge in [-0.2, -0.15) is 0 Å². The predicted molar refractivity (Wildman–Crippen MR) is 71.0 cm³/mol. The topological polar surface area (TPSA) is 66.6 Å². The third-order valence-corrected chi connectivity index (χ3v) is 3.49. The average Bonchev–Trinajstić information content (AvgIpc) is 2.84. The van der Waals surface area contributed by atoms with Crippen molar-refractivity contribution in [2.45, 2.75) is 31.7 Å². The van der Waals surface area contributed by atoms with E-state index in [1.807, 2.05) is 29.2 Å². The van der Waals surface area contributed by atoms with Crippen molar-refractivity contribution in [1.82, 2.24) is 4.90 Å². The van der Waals surface area contributed by atoms with E-state index >= 15 is 0 Å². The zero-order valence-corrected chi connectivity index (χ0v) is 10.5. The van der Waals surface area contributed by atoms with Gasteiger partial charge in [0.15, 0.2) is 0 Å². The Morgan fingerprint density at radius 1 is 1.50 bits per heavy atom. The molecule has 0 aromatic heterocycles. The molecule has 0 unspecified atom stereocenters. The van der Waals surface area contributed by atoms with E-state index in [1.54, 1.807) is 0 Å². The molecular formula is C14H20N2O2. The first-order chi connectivity index (χ1) is 8.70. The number of aliphatic hydroxyl groups excluding tert-OH is 1. The first-order valence-electron chi connectivity index (χ1n) is 6.45. The lowest BCUT2D eigenvalue weighted by Gasteiger charge is -2.23. The number of nitrogens with zero attached hydrogens (tertiary/aromatic N) is 1. The summed E-state index contributed by atoms with van der Waals surface area (Å²) >= 11 is 0. The summed E-state index contributed by atoms with van der Waals surface area (Å²) in [5, 5.41) is 9.20. The smallest absolute Gasteiger partial charge is 0.223 e. The van der Waals surface area contributed by atoms with Crippen LogP contribution in [0.25, 0.3) is 0 Å². The molecule has 3 N–H and O–H groups in total. The van der Waals surface area contributed by atoms with Gasteiger partial charge in [-0.15, -0.1) is 0 Å². The minimum Gasteiger partial charge on any atom is -0.399 e. The van der Waals surface area contributed by atoms with Gasteiger partial charge in [-0.3, -0.25) is 4.79 Å². The van der Waals surface area contributed by atoms with Crippen molar-refractivity contribution in [2.24, 2.45) is 0 Å². The van der Waals surface area contributed by atoms with Crippen LogP contribution in [-0.4, -0.2) is 35.1 Å². The Balaban J connectivity index is 1.88. The molecule has 1 fully saturated rings. The molecule has 1 aromatic rings. The summed E-state index contributed by atoms with van der Waals surface area (Å²) in [6.45, 7) is 0.852. The van der Waals surface area contributed by atoms with Gasteiger partial charge in [0.05, 0.1) is 12.6 Å². The number of hydrogen-bond donors (Lipinski definition) is 2. The van der Waals surface area contributed by atoms with E-state index in [0.29, 0.717) is 12.8 Å². The van der Waals surface area contributed by atoms with E-state index in [2.05, 4.69) is 0 Å². The van der Waals surface area contributed by atoms with E-state index in [0.717, 1.165) is 30.6 Å². The van der Waals surface area contributed by atoms with Crippen LogP contribution >= 0.6 is 0 Å². The van der Waals surface area contributed by atoms with E-state index in [1.165, 1.54) is 0 Å². The van der Waals surface area contributed by atoms with E-state index < -0.39 is 0 Å². The summed E-state index contributed by atoms with van der Waals surface area (Å²) in [6, 6.07) is 7.66. The van der Waals surface area contributed by atoms with Gasteiger partial charge >= 0.3 is 0 Å². The quantitative estimate of drug-likeness (QED) is 0.786. The summed E-state index contributed by atoms with van der Waals surface area (Å²) in [6.07, 6.45) is 3.11. The van der Waals surface area contributed by atoms with Gasteiger partial charge in [-0.25, -0.2) is 0 Å². The lowest BCUT2D eigenvalue weighted by Crippen LogP contribution is -2.37. The number of nitrogens with two attached hydrogens (primary N) is 1. The third kappa shape index (κ3) is 3.01. The molecule has 1 aliphatic heterocycles. The number of benzene rings is 1. The number of amides is 1. The molecule has 1 aliphatic rings. The van der Waals surface area contributed by atoms with Crippen LogP contribution < -0.4 is 5.73 Å². The molecule has 1 saturated heterocycles. The van der Waals surface area contributed by atoms with Gasteiger partial charge < -0.3 is 15.7 Å². The molecule has 4 nitrogen and oxygen atoms in total. The largest absolute Gasteiger partial charge is 0.399 e. The second-order valence-corrected chi connectivity index (χ2v) is 4.81. The highest BCUT2D eigenvalue weighted by molar-refractivity contribution is 5.77. The minimum absolute atomic E-state index is 0.0262. The number of anilines is 1. The minimum atomic E-state index is 0.0262. The number of likely N-dealkylation sites (tertiary alicyclic amines) is 1. The molecule has 0 radical (unpaired) electrons. The van der Waals surface area contributed by atoms with Crippen LogP contribution in [-0.2, 0) is 11.2 Å². The van der Waals surface area contributed by atoms with Gasteiger partial charge in [-0.1, -0.05) is 12.1 Å². The van der Waals surface area contributed by atoms with Crippen LogP contribution in [0, 0.1) is 0 Å². The van der Waals surface area contributed by atoms with Crippen LogP contribution in [0.5, 0.6) is 0 Å². The summed E-state index contributed by atoms with van der Waals surface area (Å²) in [5.74, 6) is 0.133. The lowest BCUT2D eigenvalue weighted by molar-refractivity contribution is -0.132. The van der Waals surface area contributed by atoms with E-state index in [9.17, 15) is 9.90 Å². The Morgan fingerprint density at radius 2 is 2.33 bits per heavy atom. The molecule has 1 amide bonds. The van der Waals surface area contributed by atoms with Gasteiger partial charge in [0, 0.05) is 18.7 Å². The summed E-state index contributed by atoms with van der Waals surface area (Å²) < 4.78 is 0. The van der Waals surface area contributed by atoms with Crippen LogP contribution in [0.1, 0.15) is 24.8 Å². The number of hydrogen-bond acceptors (Lipinski definition) is 3. The van der Waals surface area contributed by atoms with Gasteiger partial charge in [0.2, 0.25) is 5.91 Å². The van der Waals surface area contributed by atoms with Gasteiger partial charge in [-0.05, 0) is 37.0 Å².